The van der Waals surface area contributed by atoms with Gasteiger partial charge in [-0.25, -0.2) is 4.79 Å². The van der Waals surface area contributed by atoms with Gasteiger partial charge in [0, 0.05) is 17.8 Å². The van der Waals surface area contributed by atoms with Crippen molar-refractivity contribution in [3.63, 3.8) is 0 Å². The summed E-state index contributed by atoms with van der Waals surface area (Å²) >= 11 is 0. The maximum atomic E-state index is 11.7. The van der Waals surface area contributed by atoms with Crippen LogP contribution >= 0.6 is 0 Å². The van der Waals surface area contributed by atoms with E-state index in [0.717, 1.165) is 10.6 Å². The first kappa shape index (κ1) is 14.7. The Bertz CT molecular complexity index is 599. The number of rotatable bonds is 5. The average molecular weight is 269 g/mol. The molecule has 0 atom stereocenters. The number of carboxylic acid groups (broad SMARTS) is 1. The van der Waals surface area contributed by atoms with Gasteiger partial charge in [-0.2, -0.15) is 0 Å². The largest absolute Gasteiger partial charge is 0.481 e. The minimum atomic E-state index is -1.04. The van der Waals surface area contributed by atoms with Crippen molar-refractivity contribution < 1.29 is 14.7 Å². The first-order valence-electron chi connectivity index (χ1n) is 5.52. The van der Waals surface area contributed by atoms with Gasteiger partial charge in [-0.3, -0.25) is 23.9 Å². The Balaban J connectivity index is 2.73. The van der Waals surface area contributed by atoms with Gasteiger partial charge < -0.3 is 10.4 Å². The molecule has 0 aromatic carbocycles. The number of nitrogens with one attached hydrogen (secondary N) is 2. The molecule has 0 aliphatic rings. The smallest absolute Gasteiger partial charge is 0.328 e. The van der Waals surface area contributed by atoms with Gasteiger partial charge >= 0.3 is 11.7 Å². The van der Waals surface area contributed by atoms with Crippen molar-refractivity contribution in [3.8, 4) is 0 Å². The number of aromatic nitrogens is 2. The molecule has 1 aromatic rings. The summed E-state index contributed by atoms with van der Waals surface area (Å²) in [5, 5.41) is 11.2. The highest BCUT2D eigenvalue weighted by Crippen LogP contribution is 2.07. The number of carboxylic acids is 1. The van der Waals surface area contributed by atoms with Gasteiger partial charge in [-0.05, 0) is 13.8 Å². The van der Waals surface area contributed by atoms with Gasteiger partial charge in [0.2, 0.25) is 5.91 Å². The Morgan fingerprint density at radius 1 is 1.42 bits per heavy atom. The van der Waals surface area contributed by atoms with E-state index in [0.29, 0.717) is 0 Å². The molecule has 1 amide bonds. The van der Waals surface area contributed by atoms with Crippen LogP contribution in [0.25, 0.3) is 0 Å². The number of aliphatic carboxylic acids is 1. The lowest BCUT2D eigenvalue weighted by Crippen LogP contribution is -2.47. The Morgan fingerprint density at radius 3 is 2.58 bits per heavy atom. The van der Waals surface area contributed by atoms with E-state index in [1.54, 1.807) is 13.8 Å². The number of hydrogen-bond donors (Lipinski definition) is 3. The molecule has 8 heteroatoms. The lowest BCUT2D eigenvalue weighted by molar-refractivity contribution is -0.138. The van der Waals surface area contributed by atoms with Crippen molar-refractivity contribution in [3.05, 3.63) is 33.1 Å². The van der Waals surface area contributed by atoms with Gasteiger partial charge in [-0.1, -0.05) is 0 Å². The molecule has 1 heterocycles. The molecule has 0 bridgehead atoms. The summed E-state index contributed by atoms with van der Waals surface area (Å²) in [5.41, 5.74) is -2.17. The Hall–Kier alpha value is -2.38. The number of amides is 1. The molecule has 1 rings (SSSR count). The highest BCUT2D eigenvalue weighted by Gasteiger charge is 2.23. The van der Waals surface area contributed by atoms with Gasteiger partial charge in [0.15, 0.2) is 0 Å². The third-order valence-electron chi connectivity index (χ3n) is 2.28. The Kier molecular flexibility index (Phi) is 4.26. The molecule has 0 aliphatic carbocycles. The van der Waals surface area contributed by atoms with Crippen molar-refractivity contribution in [1.29, 1.82) is 0 Å². The van der Waals surface area contributed by atoms with Gasteiger partial charge in [0.05, 0.1) is 6.42 Å². The quantitative estimate of drug-likeness (QED) is 0.627. The van der Waals surface area contributed by atoms with Crippen molar-refractivity contribution in [2.45, 2.75) is 32.4 Å². The van der Waals surface area contributed by atoms with Crippen LogP contribution in [0.2, 0.25) is 0 Å². The standard InChI is InChI=1S/C11H15N3O5/c1-11(2,5-9(17)18)13-8(16)6-14-4-3-7(15)12-10(14)19/h3-4H,5-6H2,1-2H3,(H,13,16)(H,17,18)(H,12,15,19). The molecule has 0 saturated carbocycles. The lowest BCUT2D eigenvalue weighted by Gasteiger charge is -2.24. The highest BCUT2D eigenvalue weighted by molar-refractivity contribution is 5.78. The normalized spacial score (nSPS) is 11.1. The number of carbonyl (C=O) groups is 2. The summed E-state index contributed by atoms with van der Waals surface area (Å²) < 4.78 is 1.02. The second-order valence-electron chi connectivity index (χ2n) is 4.74. The zero-order chi connectivity index (χ0) is 14.6. The Labute approximate surface area is 108 Å². The third kappa shape index (κ3) is 4.78. The maximum Gasteiger partial charge on any atom is 0.328 e. The third-order valence-corrected chi connectivity index (χ3v) is 2.28. The topological polar surface area (TPSA) is 121 Å². The molecule has 0 unspecified atom stereocenters. The molecule has 0 saturated heterocycles. The Morgan fingerprint density at radius 2 is 2.05 bits per heavy atom. The van der Waals surface area contributed by atoms with Crippen LogP contribution in [0.5, 0.6) is 0 Å². The van der Waals surface area contributed by atoms with Gasteiger partial charge in [0.1, 0.15) is 6.54 Å². The highest BCUT2D eigenvalue weighted by atomic mass is 16.4. The summed E-state index contributed by atoms with van der Waals surface area (Å²) in [6.45, 7) is 2.84. The summed E-state index contributed by atoms with van der Waals surface area (Å²) in [6, 6.07) is 1.12. The maximum absolute atomic E-state index is 11.7. The minimum Gasteiger partial charge on any atom is -0.481 e. The molecule has 0 aliphatic heterocycles. The fraction of sp³-hybridized carbons (Fsp3) is 0.455. The molecule has 1 aromatic heterocycles. The van der Waals surface area contributed by atoms with E-state index in [-0.39, 0.29) is 13.0 Å². The van der Waals surface area contributed by atoms with Crippen LogP contribution in [0.3, 0.4) is 0 Å². The predicted molar refractivity (Wildman–Crippen MR) is 65.8 cm³/mol. The first-order chi connectivity index (χ1) is 8.69. The van der Waals surface area contributed by atoms with Crippen LogP contribution in [-0.4, -0.2) is 32.1 Å². The molecular weight excluding hydrogens is 254 g/mol. The van der Waals surface area contributed by atoms with Gasteiger partial charge in [-0.15, -0.1) is 0 Å². The summed E-state index contributed by atoms with van der Waals surface area (Å²) in [5.74, 6) is -1.55. The molecule has 8 nitrogen and oxygen atoms in total. The second kappa shape index (κ2) is 5.51. The van der Waals surface area contributed by atoms with Crippen molar-refractivity contribution in [2.75, 3.05) is 0 Å². The fourth-order valence-corrected chi connectivity index (χ4v) is 1.56. The first-order valence-corrected chi connectivity index (χ1v) is 5.52. The molecular formula is C11H15N3O5. The molecule has 19 heavy (non-hydrogen) atoms. The van der Waals surface area contributed by atoms with Crippen molar-refractivity contribution in [2.24, 2.45) is 0 Å². The van der Waals surface area contributed by atoms with E-state index < -0.39 is 28.7 Å². The van der Waals surface area contributed by atoms with E-state index in [1.807, 2.05) is 4.98 Å². The number of hydrogen-bond acceptors (Lipinski definition) is 4. The number of carbonyl (C=O) groups excluding carboxylic acids is 1. The van der Waals surface area contributed by atoms with E-state index in [1.165, 1.54) is 6.20 Å². The molecule has 104 valence electrons. The van der Waals surface area contributed by atoms with Crippen LogP contribution < -0.4 is 16.6 Å². The van der Waals surface area contributed by atoms with Crippen LogP contribution in [-0.2, 0) is 16.1 Å². The predicted octanol–water partition coefficient (Wildman–Crippen LogP) is -1.09. The van der Waals surface area contributed by atoms with Crippen LogP contribution in [0.1, 0.15) is 20.3 Å². The summed E-state index contributed by atoms with van der Waals surface area (Å²) in [6.07, 6.45) is 0.963. The van der Waals surface area contributed by atoms with E-state index in [9.17, 15) is 19.2 Å². The fourth-order valence-electron chi connectivity index (χ4n) is 1.56. The molecule has 0 spiro atoms. The summed E-state index contributed by atoms with van der Waals surface area (Å²) in [7, 11) is 0. The second-order valence-corrected chi connectivity index (χ2v) is 4.74. The van der Waals surface area contributed by atoms with Gasteiger partial charge in [0.25, 0.3) is 5.56 Å². The number of H-pyrrole nitrogens is 1. The van der Waals surface area contributed by atoms with Crippen molar-refractivity contribution >= 4 is 11.9 Å². The van der Waals surface area contributed by atoms with Crippen molar-refractivity contribution in [1.82, 2.24) is 14.9 Å². The molecule has 0 fully saturated rings. The van der Waals surface area contributed by atoms with Crippen LogP contribution in [0, 0.1) is 0 Å². The SMILES string of the molecule is CC(C)(CC(=O)O)NC(=O)Cn1ccc(=O)[nH]c1=O. The number of nitrogens with zero attached hydrogens (tertiary/aromatic N) is 1. The number of aromatic amines is 1. The average Bonchev–Trinajstić information content (AvgIpc) is 2.19. The molecule has 3 N–H and O–H groups in total. The zero-order valence-corrected chi connectivity index (χ0v) is 10.6. The van der Waals surface area contributed by atoms with Crippen LogP contribution in [0.15, 0.2) is 21.9 Å². The van der Waals surface area contributed by atoms with E-state index in [2.05, 4.69) is 5.32 Å². The molecule has 0 radical (unpaired) electrons. The lowest BCUT2D eigenvalue weighted by atomic mass is 10.0. The summed E-state index contributed by atoms with van der Waals surface area (Å²) in [4.78, 5) is 46.5. The monoisotopic (exact) mass is 269 g/mol. The van der Waals surface area contributed by atoms with Crippen LogP contribution in [0.4, 0.5) is 0 Å². The van der Waals surface area contributed by atoms with E-state index >= 15 is 0 Å². The van der Waals surface area contributed by atoms with E-state index in [4.69, 9.17) is 5.11 Å². The zero-order valence-electron chi connectivity index (χ0n) is 10.6. The minimum absolute atomic E-state index is 0.237.